The van der Waals surface area contributed by atoms with Crippen LogP contribution in [0.1, 0.15) is 17.5 Å². The first kappa shape index (κ1) is 10.0. The molecule has 1 aromatic rings. The summed E-state index contributed by atoms with van der Waals surface area (Å²) in [7, 11) is 0. The Bertz CT molecular complexity index is 305. The van der Waals surface area contributed by atoms with Crippen LogP contribution in [0.2, 0.25) is 0 Å². The molecule has 0 radical (unpaired) electrons. The third kappa shape index (κ3) is 2.71. The zero-order chi connectivity index (χ0) is 9.84. The van der Waals surface area contributed by atoms with Gasteiger partial charge in [-0.2, -0.15) is 5.26 Å². The summed E-state index contributed by atoms with van der Waals surface area (Å²) in [5, 5.41) is 12.6. The summed E-state index contributed by atoms with van der Waals surface area (Å²) in [5.41, 5.74) is 1.07. The van der Waals surface area contributed by atoms with Crippen molar-refractivity contribution in [3.05, 3.63) is 10.6 Å². The zero-order valence-electron chi connectivity index (χ0n) is 8.09. The van der Waals surface area contributed by atoms with Gasteiger partial charge in [-0.15, -0.1) is 11.3 Å². The van der Waals surface area contributed by atoms with Crippen LogP contribution in [0, 0.1) is 31.1 Å². The Labute approximate surface area is 82.4 Å². The molecule has 1 aromatic heterocycles. The molecule has 1 unspecified atom stereocenters. The fraction of sp³-hybridized carbons (Fsp3) is 0.556. The molecule has 0 saturated heterocycles. The van der Waals surface area contributed by atoms with Gasteiger partial charge in [-0.05, 0) is 20.8 Å². The van der Waals surface area contributed by atoms with E-state index in [2.05, 4.69) is 16.4 Å². The molecule has 1 heterocycles. The molecule has 0 saturated carbocycles. The van der Waals surface area contributed by atoms with Crippen LogP contribution in [-0.2, 0) is 0 Å². The maximum Gasteiger partial charge on any atom is 0.183 e. The molecule has 0 aliphatic carbocycles. The van der Waals surface area contributed by atoms with E-state index in [4.69, 9.17) is 5.26 Å². The Morgan fingerprint density at radius 2 is 2.31 bits per heavy atom. The van der Waals surface area contributed by atoms with Crippen LogP contribution in [-0.4, -0.2) is 11.5 Å². The normalized spacial score (nSPS) is 12.2. The van der Waals surface area contributed by atoms with E-state index in [0.717, 1.165) is 10.8 Å². The van der Waals surface area contributed by atoms with Crippen molar-refractivity contribution in [3.8, 4) is 6.07 Å². The predicted molar refractivity (Wildman–Crippen MR) is 54.9 cm³/mol. The Morgan fingerprint density at radius 1 is 1.62 bits per heavy atom. The molecule has 13 heavy (non-hydrogen) atoms. The van der Waals surface area contributed by atoms with Gasteiger partial charge in [0.25, 0.3) is 0 Å². The van der Waals surface area contributed by atoms with Gasteiger partial charge in [-0.3, -0.25) is 0 Å². The SMILES string of the molecule is Cc1nc(NCC(C)C#N)sc1C. The first-order valence-electron chi connectivity index (χ1n) is 4.21. The molecular weight excluding hydrogens is 182 g/mol. The van der Waals surface area contributed by atoms with Gasteiger partial charge < -0.3 is 5.32 Å². The van der Waals surface area contributed by atoms with Gasteiger partial charge in [0.05, 0.1) is 17.7 Å². The van der Waals surface area contributed by atoms with Crippen molar-refractivity contribution in [2.45, 2.75) is 20.8 Å². The molecule has 3 nitrogen and oxygen atoms in total. The van der Waals surface area contributed by atoms with Crippen LogP contribution in [0.25, 0.3) is 0 Å². The Morgan fingerprint density at radius 3 is 2.77 bits per heavy atom. The second kappa shape index (κ2) is 4.24. The number of rotatable bonds is 3. The minimum Gasteiger partial charge on any atom is -0.360 e. The maximum absolute atomic E-state index is 8.57. The van der Waals surface area contributed by atoms with E-state index >= 15 is 0 Å². The molecule has 1 atom stereocenters. The molecule has 0 spiro atoms. The maximum atomic E-state index is 8.57. The molecule has 0 bridgehead atoms. The van der Waals surface area contributed by atoms with E-state index in [0.29, 0.717) is 6.54 Å². The molecule has 0 aromatic carbocycles. The summed E-state index contributed by atoms with van der Waals surface area (Å²) in [6.07, 6.45) is 0. The fourth-order valence-corrected chi connectivity index (χ4v) is 1.66. The lowest BCUT2D eigenvalue weighted by Gasteiger charge is -2.02. The summed E-state index contributed by atoms with van der Waals surface area (Å²) in [6.45, 7) is 6.60. The number of aryl methyl sites for hydroxylation is 2. The zero-order valence-corrected chi connectivity index (χ0v) is 8.90. The highest BCUT2D eigenvalue weighted by Crippen LogP contribution is 2.20. The van der Waals surface area contributed by atoms with Gasteiger partial charge in [0.15, 0.2) is 5.13 Å². The molecule has 70 valence electrons. The van der Waals surface area contributed by atoms with Crippen LogP contribution in [0.15, 0.2) is 0 Å². The summed E-state index contributed by atoms with van der Waals surface area (Å²) in [4.78, 5) is 5.54. The topological polar surface area (TPSA) is 48.7 Å². The second-order valence-electron chi connectivity index (χ2n) is 3.07. The number of nitrogens with zero attached hydrogens (tertiary/aromatic N) is 2. The monoisotopic (exact) mass is 195 g/mol. The molecule has 1 N–H and O–H groups in total. The summed E-state index contributed by atoms with van der Waals surface area (Å²) in [6, 6.07) is 2.17. The summed E-state index contributed by atoms with van der Waals surface area (Å²) in [5.74, 6) is 0.0320. The Hall–Kier alpha value is -1.08. The van der Waals surface area contributed by atoms with Crippen molar-refractivity contribution in [1.29, 1.82) is 5.26 Å². The van der Waals surface area contributed by atoms with Crippen LogP contribution in [0.4, 0.5) is 5.13 Å². The van der Waals surface area contributed by atoms with E-state index in [-0.39, 0.29) is 5.92 Å². The van der Waals surface area contributed by atoms with Gasteiger partial charge in [-0.1, -0.05) is 0 Å². The van der Waals surface area contributed by atoms with Crippen molar-refractivity contribution in [2.75, 3.05) is 11.9 Å². The van der Waals surface area contributed by atoms with Gasteiger partial charge in [0.2, 0.25) is 0 Å². The second-order valence-corrected chi connectivity index (χ2v) is 4.27. The largest absolute Gasteiger partial charge is 0.360 e. The highest BCUT2D eigenvalue weighted by Gasteiger charge is 2.04. The van der Waals surface area contributed by atoms with Crippen molar-refractivity contribution in [2.24, 2.45) is 5.92 Å². The standard InChI is InChI=1S/C9H13N3S/c1-6(4-10)5-11-9-12-7(2)8(3)13-9/h6H,5H2,1-3H3,(H,11,12). The molecule has 1 rings (SSSR count). The quantitative estimate of drug-likeness (QED) is 0.805. The van der Waals surface area contributed by atoms with E-state index in [1.54, 1.807) is 11.3 Å². The van der Waals surface area contributed by atoms with Crippen LogP contribution in [0.5, 0.6) is 0 Å². The lowest BCUT2D eigenvalue weighted by atomic mass is 10.2. The molecule has 0 fully saturated rings. The van der Waals surface area contributed by atoms with Gasteiger partial charge >= 0.3 is 0 Å². The number of nitriles is 1. The summed E-state index contributed by atoms with van der Waals surface area (Å²) < 4.78 is 0. The molecule has 0 aliphatic heterocycles. The molecule has 0 amide bonds. The van der Waals surface area contributed by atoms with Crippen LogP contribution >= 0.6 is 11.3 Å². The summed E-state index contributed by atoms with van der Waals surface area (Å²) >= 11 is 1.64. The van der Waals surface area contributed by atoms with Gasteiger partial charge in [0, 0.05) is 11.4 Å². The number of nitrogens with one attached hydrogen (secondary N) is 1. The number of hydrogen-bond acceptors (Lipinski definition) is 4. The third-order valence-corrected chi connectivity index (χ3v) is 2.84. The predicted octanol–water partition coefficient (Wildman–Crippen LogP) is 2.33. The van der Waals surface area contributed by atoms with Gasteiger partial charge in [0.1, 0.15) is 0 Å². The fourth-order valence-electron chi connectivity index (χ4n) is 0.834. The average Bonchev–Trinajstić information content (AvgIpc) is 2.42. The molecular formula is C9H13N3S. The van der Waals surface area contributed by atoms with Crippen LogP contribution < -0.4 is 5.32 Å². The highest BCUT2D eigenvalue weighted by molar-refractivity contribution is 7.15. The Kier molecular flexibility index (Phi) is 3.26. The molecule has 4 heteroatoms. The highest BCUT2D eigenvalue weighted by atomic mass is 32.1. The van der Waals surface area contributed by atoms with E-state index in [1.807, 2.05) is 20.8 Å². The average molecular weight is 195 g/mol. The number of thiazole rings is 1. The number of aromatic nitrogens is 1. The van der Waals surface area contributed by atoms with Crippen molar-refractivity contribution in [1.82, 2.24) is 4.98 Å². The van der Waals surface area contributed by atoms with E-state index in [9.17, 15) is 0 Å². The first-order valence-corrected chi connectivity index (χ1v) is 5.02. The minimum atomic E-state index is 0.0320. The number of anilines is 1. The lowest BCUT2D eigenvalue weighted by molar-refractivity contribution is 0.785. The third-order valence-electron chi connectivity index (χ3n) is 1.81. The van der Waals surface area contributed by atoms with Crippen molar-refractivity contribution < 1.29 is 0 Å². The van der Waals surface area contributed by atoms with Crippen LogP contribution in [0.3, 0.4) is 0 Å². The molecule has 0 aliphatic rings. The number of hydrogen-bond donors (Lipinski definition) is 1. The minimum absolute atomic E-state index is 0.0320. The van der Waals surface area contributed by atoms with E-state index < -0.39 is 0 Å². The lowest BCUT2D eigenvalue weighted by Crippen LogP contribution is -2.08. The first-order chi connectivity index (χ1) is 6.13. The van der Waals surface area contributed by atoms with Gasteiger partial charge in [-0.25, -0.2) is 4.98 Å². The van der Waals surface area contributed by atoms with Crippen molar-refractivity contribution in [3.63, 3.8) is 0 Å². The Balaban J connectivity index is 2.51. The smallest absolute Gasteiger partial charge is 0.183 e. The van der Waals surface area contributed by atoms with Crippen molar-refractivity contribution >= 4 is 16.5 Å². The van der Waals surface area contributed by atoms with E-state index in [1.165, 1.54) is 4.88 Å².